The molecule has 1 unspecified atom stereocenters. The van der Waals surface area contributed by atoms with Gasteiger partial charge >= 0.3 is 0 Å². The van der Waals surface area contributed by atoms with Crippen LogP contribution in [-0.2, 0) is 0 Å². The van der Waals surface area contributed by atoms with E-state index >= 15 is 0 Å². The molecule has 0 saturated heterocycles. The summed E-state index contributed by atoms with van der Waals surface area (Å²) in [5.74, 6) is 0. The molecule has 1 atom stereocenters. The van der Waals surface area contributed by atoms with Gasteiger partial charge in [0.2, 0.25) is 0 Å². The van der Waals surface area contributed by atoms with Gasteiger partial charge in [0, 0.05) is 25.0 Å². The van der Waals surface area contributed by atoms with Crippen LogP contribution in [0, 0.1) is 11.3 Å². The van der Waals surface area contributed by atoms with Crippen LogP contribution in [0.2, 0.25) is 0 Å². The Morgan fingerprint density at radius 1 is 1.36 bits per heavy atom. The number of nitrogens with one attached hydrogen (secondary N) is 1. The van der Waals surface area contributed by atoms with E-state index in [1.807, 2.05) is 0 Å². The van der Waals surface area contributed by atoms with Crippen molar-refractivity contribution in [3.8, 4) is 6.07 Å². The van der Waals surface area contributed by atoms with E-state index in [2.05, 4.69) is 43.5 Å². The van der Waals surface area contributed by atoms with E-state index in [9.17, 15) is 0 Å². The van der Waals surface area contributed by atoms with Crippen molar-refractivity contribution in [3.05, 3.63) is 0 Å². The summed E-state index contributed by atoms with van der Waals surface area (Å²) < 4.78 is 2.23. The third kappa shape index (κ3) is 5.12. The summed E-state index contributed by atoms with van der Waals surface area (Å²) in [4.78, 5) is 0. The molecule has 0 radical (unpaired) electrons. The van der Waals surface area contributed by atoms with Gasteiger partial charge in [-0.3, -0.25) is 9.76 Å². The van der Waals surface area contributed by atoms with Gasteiger partial charge < -0.3 is 0 Å². The first-order valence-electron chi connectivity index (χ1n) is 4.85. The van der Waals surface area contributed by atoms with E-state index in [0.29, 0.717) is 25.0 Å². The molecule has 0 heterocycles. The predicted molar refractivity (Wildman–Crippen MR) is 63.1 cm³/mol. The Hall–Kier alpha value is 0.130. The van der Waals surface area contributed by atoms with Gasteiger partial charge in [-0.1, -0.05) is 11.2 Å². The zero-order valence-electron chi connectivity index (χ0n) is 9.29. The summed E-state index contributed by atoms with van der Waals surface area (Å²) in [6.45, 7) is 9.18. The number of nitrogens with zero attached hydrogens (tertiary/aromatic N) is 2. The predicted octanol–water partition coefficient (Wildman–Crippen LogP) is 3.07. The molecule has 14 heavy (non-hydrogen) atoms. The molecule has 0 aliphatic carbocycles. The van der Waals surface area contributed by atoms with Crippen molar-refractivity contribution in [2.45, 2.75) is 46.2 Å². The highest BCUT2D eigenvalue weighted by Crippen LogP contribution is 2.44. The van der Waals surface area contributed by atoms with E-state index in [-0.39, 0.29) is 0 Å². The molecule has 0 aromatic rings. The molecule has 0 fully saturated rings. The van der Waals surface area contributed by atoms with Crippen LogP contribution in [0.5, 0.6) is 0 Å². The topological polar surface area (TPSA) is 39.1 Å². The van der Waals surface area contributed by atoms with E-state index in [0.717, 1.165) is 0 Å². The molecule has 1 N–H and O–H groups in total. The van der Waals surface area contributed by atoms with Crippen molar-refractivity contribution in [1.82, 2.24) is 9.76 Å². The van der Waals surface area contributed by atoms with Crippen molar-refractivity contribution >= 4 is 18.8 Å². The third-order valence-electron chi connectivity index (χ3n) is 1.74. The highest BCUT2D eigenvalue weighted by atomic mass is 35.7. The van der Waals surface area contributed by atoms with Crippen LogP contribution in [0.3, 0.4) is 0 Å². The van der Waals surface area contributed by atoms with Gasteiger partial charge in [0.25, 0.3) is 0 Å². The second kappa shape index (κ2) is 7.43. The maximum Gasteiger partial charge on any atom is 0.138 e. The first-order chi connectivity index (χ1) is 6.50. The standard InChI is InChI=1S/C9H19ClN3P/c1-8(2)13(9(3)4)14(10)12-7-5-6-11/h8-9,12H,5,7H2,1-4H3. The van der Waals surface area contributed by atoms with Gasteiger partial charge in [0.15, 0.2) is 0 Å². The minimum absolute atomic E-state index is 0.424. The second-order valence-corrected chi connectivity index (χ2v) is 5.90. The van der Waals surface area contributed by atoms with Crippen LogP contribution in [0.4, 0.5) is 0 Å². The lowest BCUT2D eigenvalue weighted by atomic mass is 10.3. The van der Waals surface area contributed by atoms with E-state index in [4.69, 9.17) is 16.5 Å². The van der Waals surface area contributed by atoms with Crippen molar-refractivity contribution in [1.29, 1.82) is 5.26 Å². The number of halogens is 1. The molecule has 0 aliphatic heterocycles. The Kier molecular flexibility index (Phi) is 7.49. The summed E-state index contributed by atoms with van der Waals surface area (Å²) in [5.41, 5.74) is 0. The molecule has 82 valence electrons. The second-order valence-electron chi connectivity index (χ2n) is 3.64. The molecule has 0 aromatic heterocycles. The van der Waals surface area contributed by atoms with Crippen molar-refractivity contribution in [3.63, 3.8) is 0 Å². The van der Waals surface area contributed by atoms with E-state index in [1.165, 1.54) is 0 Å². The number of rotatable bonds is 6. The average Bonchev–Trinajstić information content (AvgIpc) is 2.03. The molecular weight excluding hydrogens is 217 g/mol. The van der Waals surface area contributed by atoms with Crippen molar-refractivity contribution in [2.24, 2.45) is 0 Å². The fourth-order valence-electron chi connectivity index (χ4n) is 1.29. The summed E-state index contributed by atoms with van der Waals surface area (Å²) >= 11 is 6.24. The van der Waals surface area contributed by atoms with E-state index < -0.39 is 7.58 Å². The molecule has 3 nitrogen and oxygen atoms in total. The Morgan fingerprint density at radius 3 is 2.21 bits per heavy atom. The lowest BCUT2D eigenvalue weighted by Crippen LogP contribution is -2.34. The highest BCUT2D eigenvalue weighted by Gasteiger charge is 2.21. The number of nitriles is 1. The Bertz CT molecular complexity index is 183. The van der Waals surface area contributed by atoms with Crippen LogP contribution in [-0.4, -0.2) is 23.3 Å². The molecule has 0 saturated carbocycles. The zero-order chi connectivity index (χ0) is 11.1. The molecular formula is C9H19ClN3P. The number of hydrogen-bond acceptors (Lipinski definition) is 3. The van der Waals surface area contributed by atoms with Gasteiger partial charge in [-0.05, 0) is 27.7 Å². The van der Waals surface area contributed by atoms with Crippen LogP contribution in [0.25, 0.3) is 0 Å². The Morgan fingerprint density at radius 2 is 1.86 bits per heavy atom. The maximum atomic E-state index is 8.40. The van der Waals surface area contributed by atoms with Gasteiger partial charge in [-0.25, -0.2) is 0 Å². The minimum Gasteiger partial charge on any atom is -0.270 e. The van der Waals surface area contributed by atoms with Gasteiger partial charge in [-0.2, -0.15) is 5.26 Å². The quantitative estimate of drug-likeness (QED) is 0.568. The van der Waals surface area contributed by atoms with Crippen LogP contribution >= 0.6 is 18.8 Å². The van der Waals surface area contributed by atoms with Crippen LogP contribution in [0.15, 0.2) is 0 Å². The van der Waals surface area contributed by atoms with Crippen molar-refractivity contribution in [2.75, 3.05) is 6.54 Å². The smallest absolute Gasteiger partial charge is 0.138 e. The maximum absolute atomic E-state index is 8.40. The number of hydrogen-bond donors (Lipinski definition) is 1. The fourth-order valence-corrected chi connectivity index (χ4v) is 3.86. The first kappa shape index (κ1) is 14.1. The third-order valence-corrected chi connectivity index (χ3v) is 4.44. The lowest BCUT2D eigenvalue weighted by Gasteiger charge is -2.34. The van der Waals surface area contributed by atoms with Gasteiger partial charge in [-0.15, -0.1) is 0 Å². The first-order valence-corrected chi connectivity index (χ1v) is 7.05. The summed E-state index contributed by atoms with van der Waals surface area (Å²) in [6.07, 6.45) is 0.510. The lowest BCUT2D eigenvalue weighted by molar-refractivity contribution is 0.323. The van der Waals surface area contributed by atoms with Gasteiger partial charge in [0.1, 0.15) is 7.58 Å². The van der Waals surface area contributed by atoms with Gasteiger partial charge in [0.05, 0.1) is 6.07 Å². The Balaban J connectivity index is 4.03. The molecule has 0 bridgehead atoms. The monoisotopic (exact) mass is 235 g/mol. The normalized spacial score (nSPS) is 13.6. The van der Waals surface area contributed by atoms with Crippen molar-refractivity contribution < 1.29 is 0 Å². The zero-order valence-corrected chi connectivity index (χ0v) is 10.9. The molecule has 0 rings (SSSR count). The largest absolute Gasteiger partial charge is 0.270 e. The minimum atomic E-state index is -0.830. The molecule has 0 spiro atoms. The summed E-state index contributed by atoms with van der Waals surface area (Å²) in [7, 11) is -0.830. The molecule has 5 heteroatoms. The van der Waals surface area contributed by atoms with Crippen LogP contribution in [0.1, 0.15) is 34.1 Å². The average molecular weight is 236 g/mol. The van der Waals surface area contributed by atoms with Crippen LogP contribution < -0.4 is 5.09 Å². The Labute approximate surface area is 93.1 Å². The van der Waals surface area contributed by atoms with E-state index in [1.54, 1.807) is 0 Å². The molecule has 0 aromatic carbocycles. The summed E-state index contributed by atoms with van der Waals surface area (Å²) in [6, 6.07) is 2.94. The molecule has 0 aliphatic rings. The summed E-state index contributed by atoms with van der Waals surface area (Å²) in [5, 5.41) is 11.6. The SMILES string of the molecule is CC(C)N(C(C)C)P(Cl)NCCC#N. The highest BCUT2D eigenvalue weighted by molar-refractivity contribution is 7.80. The molecule has 0 amide bonds. The fraction of sp³-hybridized carbons (Fsp3) is 0.889.